The number of hydrogen-bond acceptors (Lipinski definition) is 3. The van der Waals surface area contributed by atoms with Crippen molar-refractivity contribution in [3.63, 3.8) is 0 Å². The Kier molecular flexibility index (Phi) is 8.74. The smallest absolute Gasteiger partial charge is 0.297 e. The molecule has 0 bridgehead atoms. The summed E-state index contributed by atoms with van der Waals surface area (Å²) in [6.45, 7) is 7.37. The van der Waals surface area contributed by atoms with Crippen molar-refractivity contribution in [2.24, 2.45) is 7.05 Å². The first-order valence-electron chi connectivity index (χ1n) is 8.38. The lowest BCUT2D eigenvalue weighted by atomic mass is 10.1. The Balaban J connectivity index is 2.22. The molecule has 0 radical (unpaired) electrons. The van der Waals surface area contributed by atoms with Gasteiger partial charge in [0.1, 0.15) is 10.6 Å². The van der Waals surface area contributed by atoms with Crippen molar-refractivity contribution in [1.29, 1.82) is 0 Å². The fraction of sp³-hybridized carbons (Fsp3) is 0.765. The van der Waals surface area contributed by atoms with Gasteiger partial charge < -0.3 is 5.32 Å². The Morgan fingerprint density at radius 2 is 1.57 bits per heavy atom. The van der Waals surface area contributed by atoms with Crippen molar-refractivity contribution in [2.45, 2.75) is 77.0 Å². The van der Waals surface area contributed by atoms with E-state index in [0.29, 0.717) is 0 Å². The third-order valence-electron chi connectivity index (χ3n) is 4.15. The first-order valence-corrected chi connectivity index (χ1v) is 8.82. The lowest BCUT2D eigenvalue weighted by Crippen LogP contribution is -2.37. The number of rotatable bonds is 10. The van der Waals surface area contributed by atoms with Gasteiger partial charge in [-0.25, -0.2) is 4.57 Å². The van der Waals surface area contributed by atoms with E-state index in [1.807, 2.05) is 14.0 Å². The van der Waals surface area contributed by atoms with Gasteiger partial charge in [0.2, 0.25) is 0 Å². The van der Waals surface area contributed by atoms with E-state index in [2.05, 4.69) is 41.3 Å². The minimum atomic E-state index is 0.925. The highest BCUT2D eigenvalue weighted by Gasteiger charge is 2.16. The molecule has 3 nitrogen and oxygen atoms in total. The molecule has 0 aliphatic heterocycles. The van der Waals surface area contributed by atoms with Crippen LogP contribution in [-0.4, -0.2) is 11.5 Å². The molecule has 1 aromatic rings. The summed E-state index contributed by atoms with van der Waals surface area (Å²) < 4.78 is 2.07. The molecule has 120 valence electrons. The Morgan fingerprint density at radius 3 is 2.19 bits per heavy atom. The predicted molar refractivity (Wildman–Crippen MR) is 93.2 cm³/mol. The number of unbranched alkanes of at least 4 members (excludes halogenated alkanes) is 7. The normalized spacial score (nSPS) is 10.9. The predicted octanol–water partition coefficient (Wildman–Crippen LogP) is 4.36. The molecular formula is C17H32N3S+. The molecule has 0 aliphatic carbocycles. The molecule has 0 fully saturated rings. The van der Waals surface area contributed by atoms with Crippen molar-refractivity contribution in [2.75, 3.05) is 11.9 Å². The summed E-state index contributed by atoms with van der Waals surface area (Å²) in [5.74, 6) is 1.94. The monoisotopic (exact) mass is 310 g/mol. The minimum absolute atomic E-state index is 0.925. The van der Waals surface area contributed by atoms with Crippen molar-refractivity contribution in [3.05, 3.63) is 11.5 Å². The third kappa shape index (κ3) is 6.25. The van der Waals surface area contributed by atoms with Crippen LogP contribution < -0.4 is 9.88 Å². The Morgan fingerprint density at radius 1 is 1.00 bits per heavy atom. The Labute approximate surface area is 136 Å². The topological polar surface area (TPSA) is 28.8 Å². The quantitative estimate of drug-likeness (QED) is 0.382. The number of thiol groups is 1. The number of anilines is 1. The van der Waals surface area contributed by atoms with Crippen LogP contribution in [0.5, 0.6) is 0 Å². The number of nitrogens with zero attached hydrogens (tertiary/aromatic N) is 2. The maximum Gasteiger partial charge on any atom is 0.297 e. The van der Waals surface area contributed by atoms with Gasteiger partial charge in [-0.3, -0.25) is 0 Å². The summed E-state index contributed by atoms with van der Waals surface area (Å²) >= 11 is 4.57. The molecule has 0 spiro atoms. The zero-order chi connectivity index (χ0) is 15.7. The zero-order valence-corrected chi connectivity index (χ0v) is 15.1. The van der Waals surface area contributed by atoms with Gasteiger partial charge in [0.25, 0.3) is 11.6 Å². The molecule has 0 amide bonds. The number of aromatic nitrogens is 2. The Hall–Kier alpha value is -0.770. The summed E-state index contributed by atoms with van der Waals surface area (Å²) in [4.78, 5) is 5.54. The van der Waals surface area contributed by atoms with E-state index in [9.17, 15) is 0 Å². The van der Waals surface area contributed by atoms with Crippen molar-refractivity contribution >= 4 is 18.4 Å². The van der Waals surface area contributed by atoms with Crippen LogP contribution in [0.3, 0.4) is 0 Å². The van der Waals surface area contributed by atoms with E-state index in [-0.39, 0.29) is 0 Å². The van der Waals surface area contributed by atoms with Crippen LogP contribution in [0.1, 0.15) is 69.8 Å². The lowest BCUT2D eigenvalue weighted by molar-refractivity contribution is -0.688. The van der Waals surface area contributed by atoms with E-state index in [4.69, 9.17) is 0 Å². The summed E-state index contributed by atoms with van der Waals surface area (Å²) in [5.41, 5.74) is 1.16. The van der Waals surface area contributed by atoms with Crippen molar-refractivity contribution in [1.82, 2.24) is 4.98 Å². The molecule has 0 saturated heterocycles. The van der Waals surface area contributed by atoms with Crippen molar-refractivity contribution in [3.8, 4) is 0 Å². The molecular weight excluding hydrogens is 278 g/mol. The molecule has 1 N–H and O–H groups in total. The maximum absolute atomic E-state index is 4.58. The molecule has 0 unspecified atom stereocenters. The van der Waals surface area contributed by atoms with Crippen LogP contribution in [0.4, 0.5) is 5.82 Å². The molecule has 0 atom stereocenters. The fourth-order valence-corrected chi connectivity index (χ4v) is 2.73. The molecule has 1 rings (SSSR count). The highest BCUT2D eigenvalue weighted by atomic mass is 32.1. The van der Waals surface area contributed by atoms with E-state index >= 15 is 0 Å². The summed E-state index contributed by atoms with van der Waals surface area (Å²) in [6.07, 6.45) is 10.8. The number of aryl methyl sites for hydroxylation is 1. The van der Waals surface area contributed by atoms with Gasteiger partial charge >= 0.3 is 0 Å². The number of nitrogens with one attached hydrogen (secondary N) is 1. The lowest BCUT2D eigenvalue weighted by Gasteiger charge is -2.08. The standard InChI is InChI=1S/C17H31N3S/c1-5-6-7-8-9-10-11-12-13-18-17-16(21)14(2)20(4)15(3)19-17/h21H,5-13H2,1-4H3/p+1. The van der Waals surface area contributed by atoms with Crippen LogP contribution in [0.15, 0.2) is 4.90 Å². The zero-order valence-electron chi connectivity index (χ0n) is 14.2. The van der Waals surface area contributed by atoms with Crippen LogP contribution in [0.25, 0.3) is 0 Å². The van der Waals surface area contributed by atoms with E-state index in [0.717, 1.165) is 28.8 Å². The minimum Gasteiger partial charge on any atom is -0.348 e. The number of hydrogen-bond donors (Lipinski definition) is 2. The second kappa shape index (κ2) is 10.0. The van der Waals surface area contributed by atoms with Gasteiger partial charge in [-0.05, 0) is 18.3 Å². The first kappa shape index (κ1) is 18.3. The molecule has 21 heavy (non-hydrogen) atoms. The van der Waals surface area contributed by atoms with Gasteiger partial charge in [0.05, 0.1) is 7.05 Å². The molecule has 1 aromatic heterocycles. The average molecular weight is 311 g/mol. The second-order valence-electron chi connectivity index (χ2n) is 5.90. The maximum atomic E-state index is 4.58. The highest BCUT2D eigenvalue weighted by molar-refractivity contribution is 7.80. The molecule has 1 heterocycles. The molecule has 0 aliphatic rings. The van der Waals surface area contributed by atoms with Gasteiger partial charge in [0, 0.05) is 13.5 Å². The molecule has 4 heteroatoms. The van der Waals surface area contributed by atoms with Crippen molar-refractivity contribution < 1.29 is 4.57 Å². The highest BCUT2D eigenvalue weighted by Crippen LogP contribution is 2.19. The van der Waals surface area contributed by atoms with Gasteiger partial charge in [-0.15, -0.1) is 12.6 Å². The SMILES string of the molecule is CCCCCCCCCCNc1nc(C)[n+](C)c(C)c1S. The van der Waals surface area contributed by atoms with Crippen LogP contribution >= 0.6 is 12.6 Å². The van der Waals surface area contributed by atoms with E-state index < -0.39 is 0 Å². The van der Waals surface area contributed by atoms with Gasteiger partial charge in [-0.1, -0.05) is 51.9 Å². The molecule has 0 saturated carbocycles. The van der Waals surface area contributed by atoms with Crippen LogP contribution in [0.2, 0.25) is 0 Å². The van der Waals surface area contributed by atoms with Crippen LogP contribution in [-0.2, 0) is 7.05 Å². The van der Waals surface area contributed by atoms with Gasteiger partial charge in [-0.2, -0.15) is 0 Å². The summed E-state index contributed by atoms with van der Waals surface area (Å²) in [6, 6.07) is 0. The summed E-state index contributed by atoms with van der Waals surface area (Å²) in [5, 5.41) is 3.43. The fourth-order valence-electron chi connectivity index (χ4n) is 2.45. The largest absolute Gasteiger partial charge is 0.348 e. The first-order chi connectivity index (χ1) is 10.1. The van der Waals surface area contributed by atoms with E-state index in [1.165, 1.54) is 51.4 Å². The molecule has 0 aromatic carbocycles. The summed E-state index contributed by atoms with van der Waals surface area (Å²) in [7, 11) is 2.03. The average Bonchev–Trinajstić information content (AvgIpc) is 2.48. The van der Waals surface area contributed by atoms with Crippen LogP contribution in [0, 0.1) is 13.8 Å². The third-order valence-corrected chi connectivity index (χ3v) is 4.69. The Bertz CT molecular complexity index is 433. The van der Waals surface area contributed by atoms with Gasteiger partial charge in [0.15, 0.2) is 0 Å². The van der Waals surface area contributed by atoms with E-state index in [1.54, 1.807) is 0 Å². The second-order valence-corrected chi connectivity index (χ2v) is 6.35.